The quantitative estimate of drug-likeness (QED) is 0.367. The Kier molecular flexibility index (Phi) is 8.52. The molecule has 0 saturated carbocycles. The van der Waals surface area contributed by atoms with Gasteiger partial charge in [-0.3, -0.25) is 9.69 Å². The number of amides is 1. The van der Waals surface area contributed by atoms with Crippen LogP contribution >= 0.6 is 0 Å². The van der Waals surface area contributed by atoms with Gasteiger partial charge in [0.05, 0.1) is 6.21 Å². The smallest absolute Gasteiger partial charge is 0.271 e. The third-order valence-corrected chi connectivity index (χ3v) is 6.52. The summed E-state index contributed by atoms with van der Waals surface area (Å²) < 4.78 is 0. The van der Waals surface area contributed by atoms with E-state index in [1.165, 1.54) is 16.9 Å². The van der Waals surface area contributed by atoms with Crippen molar-refractivity contribution in [2.75, 3.05) is 49.1 Å². The van der Waals surface area contributed by atoms with Crippen LogP contribution in [0.4, 0.5) is 11.4 Å². The summed E-state index contributed by atoms with van der Waals surface area (Å²) in [5, 5.41) is 4.13. The molecule has 0 aliphatic carbocycles. The summed E-state index contributed by atoms with van der Waals surface area (Å²) in [6.07, 6.45) is 1.67. The van der Waals surface area contributed by atoms with E-state index in [0.717, 1.165) is 51.4 Å². The molecule has 1 aliphatic heterocycles. The zero-order valence-corrected chi connectivity index (χ0v) is 20.7. The van der Waals surface area contributed by atoms with Crippen LogP contribution in [0.15, 0.2) is 84.0 Å². The Balaban J connectivity index is 1.24. The summed E-state index contributed by atoms with van der Waals surface area (Å²) in [5.74, 6) is -0.205. The maximum absolute atomic E-state index is 12.5. The van der Waals surface area contributed by atoms with Gasteiger partial charge in [-0.05, 0) is 61.4 Å². The highest BCUT2D eigenvalue weighted by Gasteiger charge is 2.17. The van der Waals surface area contributed by atoms with Crippen LogP contribution in [0.1, 0.15) is 35.3 Å². The van der Waals surface area contributed by atoms with Crippen molar-refractivity contribution < 1.29 is 4.79 Å². The van der Waals surface area contributed by atoms with Crippen molar-refractivity contribution in [1.29, 1.82) is 0 Å². The van der Waals surface area contributed by atoms with Gasteiger partial charge in [-0.15, -0.1) is 0 Å². The Bertz CT molecular complexity index is 1080. The molecule has 6 heteroatoms. The lowest BCUT2D eigenvalue weighted by Crippen LogP contribution is -2.45. The predicted octanol–water partition coefficient (Wildman–Crippen LogP) is 4.62. The Morgan fingerprint density at radius 2 is 1.54 bits per heavy atom. The van der Waals surface area contributed by atoms with Crippen molar-refractivity contribution in [3.05, 3.63) is 95.6 Å². The van der Waals surface area contributed by atoms with Gasteiger partial charge in [0.15, 0.2) is 0 Å². The van der Waals surface area contributed by atoms with E-state index in [0.29, 0.717) is 5.56 Å². The van der Waals surface area contributed by atoms with E-state index in [-0.39, 0.29) is 5.91 Å². The molecule has 1 fully saturated rings. The third kappa shape index (κ3) is 6.70. The van der Waals surface area contributed by atoms with E-state index in [2.05, 4.69) is 81.5 Å². The highest BCUT2D eigenvalue weighted by atomic mass is 16.2. The van der Waals surface area contributed by atoms with Crippen LogP contribution in [-0.4, -0.2) is 56.3 Å². The predicted molar refractivity (Wildman–Crippen MR) is 145 cm³/mol. The minimum absolute atomic E-state index is 0.205. The van der Waals surface area contributed by atoms with Crippen molar-refractivity contribution in [3.8, 4) is 0 Å². The molecule has 1 saturated heterocycles. The lowest BCUT2D eigenvalue weighted by atomic mass is 10.1. The van der Waals surface area contributed by atoms with Crippen LogP contribution < -0.4 is 15.2 Å². The molecule has 1 aliphatic rings. The number of anilines is 2. The number of para-hydroxylation sites is 1. The molecule has 1 N–H and O–H groups in total. The molecular weight excluding hydrogens is 434 g/mol. The van der Waals surface area contributed by atoms with Crippen LogP contribution in [0.2, 0.25) is 0 Å². The molecule has 0 spiro atoms. The molecule has 1 heterocycles. The number of rotatable bonds is 9. The average molecular weight is 470 g/mol. The number of nitrogens with zero attached hydrogens (tertiary/aromatic N) is 4. The van der Waals surface area contributed by atoms with E-state index in [4.69, 9.17) is 0 Å². The normalized spacial score (nSPS) is 14.3. The second kappa shape index (κ2) is 12.2. The van der Waals surface area contributed by atoms with E-state index in [9.17, 15) is 4.79 Å². The first-order valence-electron chi connectivity index (χ1n) is 12.5. The molecule has 6 nitrogen and oxygen atoms in total. The van der Waals surface area contributed by atoms with Gasteiger partial charge in [0.2, 0.25) is 0 Å². The maximum atomic E-state index is 12.5. The molecule has 0 bridgehead atoms. The van der Waals surface area contributed by atoms with E-state index >= 15 is 0 Å². The number of nitrogens with one attached hydrogen (secondary N) is 1. The topological polar surface area (TPSA) is 51.2 Å². The Hall–Kier alpha value is -3.64. The summed E-state index contributed by atoms with van der Waals surface area (Å²) in [6.45, 7) is 11.3. The fraction of sp³-hybridized carbons (Fsp3) is 0.310. The largest absolute Gasteiger partial charge is 0.372 e. The number of hydrogen-bond donors (Lipinski definition) is 1. The van der Waals surface area contributed by atoms with Crippen LogP contribution in [-0.2, 0) is 6.54 Å². The SMILES string of the molecule is CCN(CC)c1ccc(/C=N\NC(=O)c2ccc(CN3CCN(c4ccccc4)CC3)cc2)cc1. The highest BCUT2D eigenvalue weighted by Crippen LogP contribution is 2.17. The van der Waals surface area contributed by atoms with Gasteiger partial charge in [-0.2, -0.15) is 5.10 Å². The van der Waals surface area contributed by atoms with Crippen molar-refractivity contribution in [2.45, 2.75) is 20.4 Å². The monoisotopic (exact) mass is 469 g/mol. The third-order valence-electron chi connectivity index (χ3n) is 6.52. The first kappa shape index (κ1) is 24.5. The molecule has 3 aromatic carbocycles. The fourth-order valence-electron chi connectivity index (χ4n) is 4.41. The number of carbonyl (C=O) groups is 1. The van der Waals surface area contributed by atoms with Crippen LogP contribution in [0.3, 0.4) is 0 Å². The van der Waals surface area contributed by atoms with Gasteiger partial charge in [-0.1, -0.05) is 42.5 Å². The first-order valence-corrected chi connectivity index (χ1v) is 12.5. The lowest BCUT2D eigenvalue weighted by molar-refractivity contribution is 0.0955. The highest BCUT2D eigenvalue weighted by molar-refractivity contribution is 5.94. The molecule has 3 aromatic rings. The van der Waals surface area contributed by atoms with E-state index in [1.807, 2.05) is 36.4 Å². The molecule has 0 aromatic heterocycles. The Morgan fingerprint density at radius 1 is 0.886 bits per heavy atom. The maximum Gasteiger partial charge on any atom is 0.271 e. The second-order valence-corrected chi connectivity index (χ2v) is 8.76. The number of carbonyl (C=O) groups excluding carboxylic acids is 1. The number of hydrogen-bond acceptors (Lipinski definition) is 5. The lowest BCUT2D eigenvalue weighted by Gasteiger charge is -2.36. The van der Waals surface area contributed by atoms with E-state index < -0.39 is 0 Å². The molecule has 35 heavy (non-hydrogen) atoms. The molecule has 0 radical (unpaired) electrons. The van der Waals surface area contributed by atoms with Crippen molar-refractivity contribution >= 4 is 23.5 Å². The minimum atomic E-state index is -0.205. The van der Waals surface area contributed by atoms with Gasteiger partial charge >= 0.3 is 0 Å². The van der Waals surface area contributed by atoms with Gasteiger partial charge in [-0.25, -0.2) is 5.43 Å². The van der Waals surface area contributed by atoms with Crippen LogP contribution in [0.25, 0.3) is 0 Å². The zero-order valence-electron chi connectivity index (χ0n) is 20.7. The van der Waals surface area contributed by atoms with Gasteiger partial charge in [0, 0.05) is 62.8 Å². The van der Waals surface area contributed by atoms with Crippen LogP contribution in [0.5, 0.6) is 0 Å². The summed E-state index contributed by atoms with van der Waals surface area (Å²) in [4.78, 5) is 19.7. The number of piperazine rings is 1. The second-order valence-electron chi connectivity index (χ2n) is 8.76. The summed E-state index contributed by atoms with van der Waals surface area (Å²) in [5.41, 5.74) is 7.89. The van der Waals surface area contributed by atoms with Gasteiger partial charge in [0.25, 0.3) is 5.91 Å². The number of benzene rings is 3. The zero-order chi connectivity index (χ0) is 24.5. The minimum Gasteiger partial charge on any atom is -0.372 e. The molecular formula is C29H35N5O. The van der Waals surface area contributed by atoms with Gasteiger partial charge < -0.3 is 9.80 Å². The molecule has 4 rings (SSSR count). The first-order chi connectivity index (χ1) is 17.2. The standard InChI is InChI=1S/C29H35N5O/c1-3-33(4-2)28-16-12-24(13-17-28)22-30-31-29(35)26-14-10-25(11-15-26)23-32-18-20-34(21-19-32)27-8-6-5-7-9-27/h5-17,22H,3-4,18-21,23H2,1-2H3,(H,31,35)/b30-22-. The fourth-order valence-corrected chi connectivity index (χ4v) is 4.41. The summed E-state index contributed by atoms with van der Waals surface area (Å²) in [7, 11) is 0. The van der Waals surface area contributed by atoms with Crippen molar-refractivity contribution in [2.24, 2.45) is 5.10 Å². The molecule has 0 atom stereocenters. The molecule has 1 amide bonds. The summed E-state index contributed by atoms with van der Waals surface area (Å²) in [6, 6.07) is 26.6. The van der Waals surface area contributed by atoms with Crippen LogP contribution in [0, 0.1) is 0 Å². The summed E-state index contributed by atoms with van der Waals surface area (Å²) >= 11 is 0. The van der Waals surface area contributed by atoms with Crippen molar-refractivity contribution in [3.63, 3.8) is 0 Å². The average Bonchev–Trinajstić information content (AvgIpc) is 2.91. The molecule has 0 unspecified atom stereocenters. The Labute approximate surface area is 208 Å². The van der Waals surface area contributed by atoms with E-state index in [1.54, 1.807) is 6.21 Å². The van der Waals surface area contributed by atoms with Gasteiger partial charge in [0.1, 0.15) is 0 Å². The van der Waals surface area contributed by atoms with Crippen molar-refractivity contribution in [1.82, 2.24) is 10.3 Å². The number of hydrazone groups is 1. The Morgan fingerprint density at radius 3 is 2.17 bits per heavy atom. The molecule has 182 valence electrons.